The first-order chi connectivity index (χ1) is 13.8. The number of nitrogens with one attached hydrogen (secondary N) is 2. The second-order valence-corrected chi connectivity index (χ2v) is 8.36. The van der Waals surface area contributed by atoms with Crippen LogP contribution in [0.4, 0.5) is 10.5 Å². The minimum absolute atomic E-state index is 0.0334. The van der Waals surface area contributed by atoms with Gasteiger partial charge >= 0.3 is 6.03 Å². The molecular formula is C18H28N4O6S. The second-order valence-electron chi connectivity index (χ2n) is 6.45. The number of nitrogens with two attached hydrogens (primary N) is 1. The Bertz CT molecular complexity index is 824. The standard InChI is InChI=1S/C18H28N4O6S/c1-3-5-14(21-18(19)24)17(23)20-13-6-7-15(28-4-2)16(12-13)29(25,26)22-8-10-27-11-9-22/h6-7,12,14H,3-5,8-11H2,1-2H3,(H,20,23)(H3,19,21,24). The molecule has 1 atom stereocenters. The van der Waals surface area contributed by atoms with Gasteiger partial charge in [-0.15, -0.1) is 0 Å². The summed E-state index contributed by atoms with van der Waals surface area (Å²) in [4.78, 5) is 23.6. The zero-order chi connectivity index (χ0) is 21.4. The summed E-state index contributed by atoms with van der Waals surface area (Å²) in [6.07, 6.45) is 1.04. The van der Waals surface area contributed by atoms with Gasteiger partial charge in [-0.3, -0.25) is 4.79 Å². The fraction of sp³-hybridized carbons (Fsp3) is 0.556. The van der Waals surface area contributed by atoms with E-state index < -0.39 is 28.0 Å². The maximum Gasteiger partial charge on any atom is 0.312 e. The lowest BCUT2D eigenvalue weighted by Gasteiger charge is -2.27. The molecule has 0 aromatic heterocycles. The zero-order valence-corrected chi connectivity index (χ0v) is 17.5. The van der Waals surface area contributed by atoms with Crippen LogP contribution >= 0.6 is 0 Å². The third kappa shape index (κ3) is 6.05. The van der Waals surface area contributed by atoms with Crippen molar-refractivity contribution in [3.05, 3.63) is 18.2 Å². The van der Waals surface area contributed by atoms with Crippen molar-refractivity contribution in [2.24, 2.45) is 5.73 Å². The van der Waals surface area contributed by atoms with E-state index in [1.807, 2.05) is 6.92 Å². The van der Waals surface area contributed by atoms with Crippen molar-refractivity contribution in [1.29, 1.82) is 0 Å². The molecule has 1 fully saturated rings. The largest absolute Gasteiger partial charge is 0.492 e. The summed E-state index contributed by atoms with van der Waals surface area (Å²) in [6, 6.07) is 2.79. The summed E-state index contributed by atoms with van der Waals surface area (Å²) in [5.74, 6) is -0.276. The number of benzene rings is 1. The van der Waals surface area contributed by atoms with E-state index in [2.05, 4.69) is 10.6 Å². The maximum atomic E-state index is 13.1. The van der Waals surface area contributed by atoms with Crippen molar-refractivity contribution in [3.63, 3.8) is 0 Å². The lowest BCUT2D eigenvalue weighted by atomic mass is 10.1. The van der Waals surface area contributed by atoms with E-state index in [0.29, 0.717) is 32.7 Å². The zero-order valence-electron chi connectivity index (χ0n) is 16.6. The highest BCUT2D eigenvalue weighted by atomic mass is 32.2. The second kappa shape index (κ2) is 10.4. The topological polar surface area (TPSA) is 140 Å². The Morgan fingerprint density at radius 2 is 1.97 bits per heavy atom. The molecule has 3 amide bonds. The van der Waals surface area contributed by atoms with Gasteiger partial charge in [-0.1, -0.05) is 13.3 Å². The summed E-state index contributed by atoms with van der Waals surface area (Å²) >= 11 is 0. The van der Waals surface area contributed by atoms with E-state index in [-0.39, 0.29) is 29.4 Å². The first kappa shape index (κ1) is 22.9. The monoisotopic (exact) mass is 428 g/mol. The number of anilines is 1. The maximum absolute atomic E-state index is 13.1. The van der Waals surface area contributed by atoms with Gasteiger partial charge in [0.15, 0.2) is 0 Å². The Labute approximate surface area is 170 Å². The molecular weight excluding hydrogens is 400 g/mol. The molecule has 1 aliphatic heterocycles. The van der Waals surface area contributed by atoms with Gasteiger partial charge in [0.05, 0.1) is 19.8 Å². The van der Waals surface area contributed by atoms with E-state index in [1.165, 1.54) is 16.4 Å². The minimum Gasteiger partial charge on any atom is -0.492 e. The molecule has 1 aliphatic rings. The van der Waals surface area contributed by atoms with Crippen LogP contribution in [0, 0.1) is 0 Å². The Balaban J connectivity index is 2.31. The normalized spacial score (nSPS) is 16.1. The number of morpholine rings is 1. The molecule has 0 radical (unpaired) electrons. The Hall–Kier alpha value is -2.37. The summed E-state index contributed by atoms with van der Waals surface area (Å²) in [6.45, 7) is 5.03. The van der Waals surface area contributed by atoms with Gasteiger partial charge in [0.25, 0.3) is 0 Å². The molecule has 1 unspecified atom stereocenters. The highest BCUT2D eigenvalue weighted by Crippen LogP contribution is 2.30. The van der Waals surface area contributed by atoms with Gasteiger partial charge in [-0.05, 0) is 31.5 Å². The number of primary amides is 1. The minimum atomic E-state index is -3.84. The fourth-order valence-electron chi connectivity index (χ4n) is 2.95. The molecule has 162 valence electrons. The van der Waals surface area contributed by atoms with Gasteiger partial charge in [0, 0.05) is 18.8 Å². The Morgan fingerprint density at radius 3 is 2.55 bits per heavy atom. The van der Waals surface area contributed by atoms with Crippen LogP contribution < -0.4 is 21.1 Å². The Kier molecular flexibility index (Phi) is 8.23. The van der Waals surface area contributed by atoms with E-state index in [0.717, 1.165) is 0 Å². The summed E-state index contributed by atoms with van der Waals surface area (Å²) < 4.78 is 38.3. The Morgan fingerprint density at radius 1 is 1.28 bits per heavy atom. The lowest BCUT2D eigenvalue weighted by molar-refractivity contribution is -0.118. The fourth-order valence-corrected chi connectivity index (χ4v) is 4.51. The first-order valence-corrected chi connectivity index (χ1v) is 10.9. The molecule has 0 bridgehead atoms. The van der Waals surface area contributed by atoms with E-state index >= 15 is 0 Å². The molecule has 1 aromatic carbocycles. The van der Waals surface area contributed by atoms with E-state index in [4.69, 9.17) is 15.2 Å². The van der Waals surface area contributed by atoms with Crippen molar-refractivity contribution >= 4 is 27.6 Å². The summed E-state index contributed by atoms with van der Waals surface area (Å²) in [5, 5.41) is 5.04. The number of nitrogens with zero attached hydrogens (tertiary/aromatic N) is 1. The van der Waals surface area contributed by atoms with Crippen LogP contribution in [-0.2, 0) is 19.6 Å². The number of carbonyl (C=O) groups excluding carboxylic acids is 2. The van der Waals surface area contributed by atoms with Crippen molar-refractivity contribution in [3.8, 4) is 5.75 Å². The molecule has 1 aromatic rings. The van der Waals surface area contributed by atoms with Crippen LogP contribution in [0.2, 0.25) is 0 Å². The molecule has 29 heavy (non-hydrogen) atoms. The molecule has 4 N–H and O–H groups in total. The van der Waals surface area contributed by atoms with Crippen molar-refractivity contribution in [2.75, 3.05) is 38.2 Å². The van der Waals surface area contributed by atoms with E-state index in [1.54, 1.807) is 13.0 Å². The van der Waals surface area contributed by atoms with E-state index in [9.17, 15) is 18.0 Å². The molecule has 1 saturated heterocycles. The predicted molar refractivity (Wildman–Crippen MR) is 107 cm³/mol. The highest BCUT2D eigenvalue weighted by Gasteiger charge is 2.30. The molecule has 0 spiro atoms. The SMILES string of the molecule is CCCC(NC(N)=O)C(=O)Nc1ccc(OCC)c(S(=O)(=O)N2CCOCC2)c1. The van der Waals surface area contributed by atoms with Crippen molar-refractivity contribution < 1.29 is 27.5 Å². The number of rotatable bonds is 9. The number of hydrogen-bond acceptors (Lipinski definition) is 6. The van der Waals surface area contributed by atoms with Crippen LogP contribution in [-0.4, -0.2) is 63.6 Å². The summed E-state index contributed by atoms with van der Waals surface area (Å²) in [7, 11) is -3.84. The molecule has 11 heteroatoms. The van der Waals surface area contributed by atoms with Gasteiger partial charge < -0.3 is 25.8 Å². The van der Waals surface area contributed by atoms with Crippen LogP contribution in [0.25, 0.3) is 0 Å². The van der Waals surface area contributed by atoms with Gasteiger partial charge in [0.1, 0.15) is 16.7 Å². The number of hydrogen-bond donors (Lipinski definition) is 3. The van der Waals surface area contributed by atoms with Crippen LogP contribution in [0.5, 0.6) is 5.75 Å². The molecule has 0 saturated carbocycles. The molecule has 1 heterocycles. The van der Waals surface area contributed by atoms with Crippen molar-refractivity contribution in [1.82, 2.24) is 9.62 Å². The molecule has 2 rings (SSSR count). The highest BCUT2D eigenvalue weighted by molar-refractivity contribution is 7.89. The number of ether oxygens (including phenoxy) is 2. The van der Waals surface area contributed by atoms with Gasteiger partial charge in [-0.2, -0.15) is 4.31 Å². The molecule has 10 nitrogen and oxygen atoms in total. The van der Waals surface area contributed by atoms with Crippen molar-refractivity contribution in [2.45, 2.75) is 37.6 Å². The number of amides is 3. The predicted octanol–water partition coefficient (Wildman–Crippen LogP) is 0.882. The quantitative estimate of drug-likeness (QED) is 0.533. The number of carbonyl (C=O) groups is 2. The van der Waals surface area contributed by atoms with Gasteiger partial charge in [-0.25, -0.2) is 13.2 Å². The van der Waals surface area contributed by atoms with Crippen LogP contribution in [0.1, 0.15) is 26.7 Å². The van der Waals surface area contributed by atoms with Crippen LogP contribution in [0.3, 0.4) is 0 Å². The van der Waals surface area contributed by atoms with Gasteiger partial charge in [0.2, 0.25) is 15.9 Å². The smallest absolute Gasteiger partial charge is 0.312 e. The van der Waals surface area contributed by atoms with Crippen LogP contribution in [0.15, 0.2) is 23.1 Å². The number of sulfonamides is 1. The lowest BCUT2D eigenvalue weighted by Crippen LogP contribution is -2.46. The first-order valence-electron chi connectivity index (χ1n) is 9.51. The summed E-state index contributed by atoms with van der Waals surface area (Å²) in [5.41, 5.74) is 5.41. The average molecular weight is 429 g/mol. The third-order valence-corrected chi connectivity index (χ3v) is 6.23. The molecule has 0 aliphatic carbocycles. The average Bonchev–Trinajstić information content (AvgIpc) is 2.69. The third-order valence-electron chi connectivity index (χ3n) is 4.31. The number of urea groups is 1.